The Balaban J connectivity index is 1.48. The summed E-state index contributed by atoms with van der Waals surface area (Å²) in [6.45, 7) is 3.44. The van der Waals surface area contributed by atoms with Crippen molar-refractivity contribution in [2.45, 2.75) is 31.3 Å². The van der Waals surface area contributed by atoms with Crippen molar-refractivity contribution < 1.29 is 9.53 Å². The maximum absolute atomic E-state index is 12.9. The summed E-state index contributed by atoms with van der Waals surface area (Å²) in [7, 11) is 0. The van der Waals surface area contributed by atoms with E-state index in [0.717, 1.165) is 18.7 Å². The van der Waals surface area contributed by atoms with E-state index in [1.807, 2.05) is 30.3 Å². The van der Waals surface area contributed by atoms with Crippen molar-refractivity contribution in [3.8, 4) is 11.3 Å². The third-order valence-corrected chi connectivity index (χ3v) is 5.46. The molecule has 27 heavy (non-hydrogen) atoms. The topological polar surface area (TPSA) is 80.5 Å². The van der Waals surface area contributed by atoms with E-state index in [1.54, 1.807) is 12.3 Å². The van der Waals surface area contributed by atoms with E-state index in [9.17, 15) is 4.79 Å². The monoisotopic (exact) mass is 366 g/mol. The fraction of sp³-hybridized carbons (Fsp3) is 0.429. The molecule has 142 valence electrons. The van der Waals surface area contributed by atoms with Gasteiger partial charge in [0.2, 0.25) is 0 Å². The molecule has 2 aliphatic heterocycles. The Morgan fingerprint density at radius 1 is 1.15 bits per heavy atom. The number of carbonyl (C=O) groups excluding carboxylic acids is 1. The van der Waals surface area contributed by atoms with E-state index < -0.39 is 0 Å². The fourth-order valence-corrected chi connectivity index (χ4v) is 4.01. The molecule has 2 saturated heterocycles. The number of carbonyl (C=O) groups is 1. The van der Waals surface area contributed by atoms with Crippen LogP contribution in [0.15, 0.2) is 42.6 Å². The number of piperidine rings is 1. The number of likely N-dealkylation sites (tertiary alicyclic amines) is 1. The molecule has 1 aromatic carbocycles. The lowest BCUT2D eigenvalue weighted by Crippen LogP contribution is -2.52. The van der Waals surface area contributed by atoms with Crippen molar-refractivity contribution in [3.63, 3.8) is 0 Å². The summed E-state index contributed by atoms with van der Waals surface area (Å²) in [5, 5.41) is 3.18. The van der Waals surface area contributed by atoms with Gasteiger partial charge in [-0.05, 0) is 50.2 Å². The first-order chi connectivity index (χ1) is 13.2. The van der Waals surface area contributed by atoms with Crippen LogP contribution in [0, 0.1) is 0 Å². The number of nitrogens with one attached hydrogen (secondary N) is 1. The molecule has 2 atom stereocenters. The van der Waals surface area contributed by atoms with E-state index in [0.29, 0.717) is 30.2 Å². The van der Waals surface area contributed by atoms with Gasteiger partial charge in [-0.2, -0.15) is 0 Å². The van der Waals surface area contributed by atoms with Crippen LogP contribution in [0.5, 0.6) is 0 Å². The van der Waals surface area contributed by atoms with Gasteiger partial charge in [-0.15, -0.1) is 0 Å². The van der Waals surface area contributed by atoms with Gasteiger partial charge in [-0.25, -0.2) is 0 Å². The van der Waals surface area contributed by atoms with Crippen molar-refractivity contribution in [1.82, 2.24) is 15.2 Å². The highest BCUT2D eigenvalue weighted by molar-refractivity contribution is 5.96. The molecule has 0 radical (unpaired) electrons. The van der Waals surface area contributed by atoms with Gasteiger partial charge in [0.1, 0.15) is 0 Å². The second kappa shape index (κ2) is 8.06. The fourth-order valence-electron chi connectivity index (χ4n) is 4.01. The van der Waals surface area contributed by atoms with E-state index >= 15 is 0 Å². The first-order valence-electron chi connectivity index (χ1n) is 9.66. The van der Waals surface area contributed by atoms with E-state index in [1.165, 1.54) is 19.3 Å². The number of benzene rings is 1. The summed E-state index contributed by atoms with van der Waals surface area (Å²) in [6.07, 6.45) is 5.46. The Kier molecular flexibility index (Phi) is 5.36. The molecule has 0 bridgehead atoms. The van der Waals surface area contributed by atoms with Gasteiger partial charge in [-0.1, -0.05) is 18.6 Å². The van der Waals surface area contributed by atoms with Crippen molar-refractivity contribution in [2.75, 3.05) is 32.0 Å². The summed E-state index contributed by atoms with van der Waals surface area (Å²) in [4.78, 5) is 19.7. The molecule has 2 unspecified atom stereocenters. The first kappa shape index (κ1) is 17.9. The number of nitrogens with two attached hydrogens (primary N) is 1. The zero-order chi connectivity index (χ0) is 18.6. The summed E-state index contributed by atoms with van der Waals surface area (Å²) in [5.41, 5.74) is 8.78. The van der Waals surface area contributed by atoms with Gasteiger partial charge in [0.05, 0.1) is 36.7 Å². The molecule has 6 nitrogen and oxygen atoms in total. The van der Waals surface area contributed by atoms with Gasteiger partial charge in [0.25, 0.3) is 5.91 Å². The Labute approximate surface area is 159 Å². The molecular weight excluding hydrogens is 340 g/mol. The maximum atomic E-state index is 12.9. The molecule has 1 amide bonds. The lowest BCUT2D eigenvalue weighted by Gasteiger charge is -2.34. The molecular formula is C21H26N4O2. The smallest absolute Gasteiger partial charge is 0.251 e. The predicted molar refractivity (Wildman–Crippen MR) is 105 cm³/mol. The predicted octanol–water partition coefficient (Wildman–Crippen LogP) is 2.31. The maximum Gasteiger partial charge on any atom is 0.251 e. The number of nitrogen functional groups attached to an aromatic ring is 1. The molecule has 0 saturated carbocycles. The van der Waals surface area contributed by atoms with Crippen molar-refractivity contribution in [3.05, 3.63) is 48.2 Å². The van der Waals surface area contributed by atoms with Crippen LogP contribution in [0.1, 0.15) is 29.6 Å². The lowest BCUT2D eigenvalue weighted by molar-refractivity contribution is 0.0900. The molecule has 3 heterocycles. The number of amides is 1. The second-order valence-electron chi connectivity index (χ2n) is 7.30. The number of aromatic nitrogens is 1. The number of hydrogen-bond donors (Lipinski definition) is 2. The standard InChI is InChI=1S/C21H26N4O2/c22-17-8-5-9-23-20(17)15-6-4-7-16(12-15)21(26)24-18-13-27-14-19(18)25-10-2-1-3-11-25/h4-9,12,18-19H,1-3,10-11,13-14,22H2,(H,24,26). The molecule has 2 fully saturated rings. The number of hydrogen-bond acceptors (Lipinski definition) is 5. The van der Waals surface area contributed by atoms with Gasteiger partial charge >= 0.3 is 0 Å². The van der Waals surface area contributed by atoms with Crippen LogP contribution in [0.4, 0.5) is 5.69 Å². The average molecular weight is 366 g/mol. The van der Waals surface area contributed by atoms with Crippen LogP contribution in [0.25, 0.3) is 11.3 Å². The Hall–Kier alpha value is -2.44. The van der Waals surface area contributed by atoms with E-state index in [4.69, 9.17) is 10.5 Å². The van der Waals surface area contributed by atoms with Crippen LogP contribution < -0.4 is 11.1 Å². The van der Waals surface area contributed by atoms with Crippen molar-refractivity contribution >= 4 is 11.6 Å². The van der Waals surface area contributed by atoms with Crippen LogP contribution >= 0.6 is 0 Å². The Bertz CT molecular complexity index is 804. The highest BCUT2D eigenvalue weighted by Crippen LogP contribution is 2.24. The Morgan fingerprint density at radius 2 is 2.00 bits per heavy atom. The SMILES string of the molecule is Nc1cccnc1-c1cccc(C(=O)NC2COCC2N2CCCCC2)c1. The van der Waals surface area contributed by atoms with Gasteiger partial charge < -0.3 is 15.8 Å². The lowest BCUT2D eigenvalue weighted by atomic mass is 10.0. The summed E-state index contributed by atoms with van der Waals surface area (Å²) >= 11 is 0. The quantitative estimate of drug-likeness (QED) is 0.868. The summed E-state index contributed by atoms with van der Waals surface area (Å²) < 4.78 is 5.69. The number of pyridine rings is 1. The van der Waals surface area contributed by atoms with Crippen LogP contribution in [-0.2, 0) is 4.74 Å². The highest BCUT2D eigenvalue weighted by atomic mass is 16.5. The number of ether oxygens (including phenoxy) is 1. The van der Waals surface area contributed by atoms with Gasteiger partial charge in [0, 0.05) is 17.3 Å². The second-order valence-corrected chi connectivity index (χ2v) is 7.30. The third kappa shape index (κ3) is 3.96. The molecule has 6 heteroatoms. The number of rotatable bonds is 4. The first-order valence-corrected chi connectivity index (χ1v) is 9.66. The molecule has 3 N–H and O–H groups in total. The minimum Gasteiger partial charge on any atom is -0.397 e. The van der Waals surface area contributed by atoms with Gasteiger partial charge in [-0.3, -0.25) is 14.7 Å². The molecule has 4 rings (SSSR count). The zero-order valence-corrected chi connectivity index (χ0v) is 15.4. The largest absolute Gasteiger partial charge is 0.397 e. The minimum atomic E-state index is -0.0798. The van der Waals surface area contributed by atoms with E-state index in [-0.39, 0.29) is 18.0 Å². The molecule has 2 aliphatic rings. The van der Waals surface area contributed by atoms with Gasteiger partial charge in [0.15, 0.2) is 0 Å². The minimum absolute atomic E-state index is 0.0270. The summed E-state index contributed by atoms with van der Waals surface area (Å²) in [6, 6.07) is 11.4. The zero-order valence-electron chi connectivity index (χ0n) is 15.4. The van der Waals surface area contributed by atoms with Crippen molar-refractivity contribution in [2.24, 2.45) is 0 Å². The molecule has 0 spiro atoms. The average Bonchev–Trinajstić information content (AvgIpc) is 3.17. The van der Waals surface area contributed by atoms with E-state index in [2.05, 4.69) is 15.2 Å². The van der Waals surface area contributed by atoms with Crippen LogP contribution in [0.3, 0.4) is 0 Å². The summed E-state index contributed by atoms with van der Waals surface area (Å²) in [5.74, 6) is -0.0798. The Morgan fingerprint density at radius 3 is 2.81 bits per heavy atom. The number of nitrogens with zero attached hydrogens (tertiary/aromatic N) is 2. The molecule has 0 aliphatic carbocycles. The van der Waals surface area contributed by atoms with Crippen LogP contribution in [0.2, 0.25) is 0 Å². The molecule has 2 aromatic rings. The molecule has 1 aromatic heterocycles. The van der Waals surface area contributed by atoms with Crippen LogP contribution in [-0.4, -0.2) is 54.2 Å². The third-order valence-electron chi connectivity index (χ3n) is 5.46. The normalized spacial score (nSPS) is 23.3. The highest BCUT2D eigenvalue weighted by Gasteiger charge is 2.34. The van der Waals surface area contributed by atoms with Crippen molar-refractivity contribution in [1.29, 1.82) is 0 Å². The number of anilines is 1.